The van der Waals surface area contributed by atoms with Crippen molar-refractivity contribution in [3.63, 3.8) is 0 Å². The van der Waals surface area contributed by atoms with Crippen LogP contribution in [0.3, 0.4) is 0 Å². The first kappa shape index (κ1) is 46.1. The topological polar surface area (TPSA) is 189 Å². The van der Waals surface area contributed by atoms with Gasteiger partial charge in [-0.15, -0.1) is 0 Å². The van der Waals surface area contributed by atoms with Gasteiger partial charge in [-0.3, -0.25) is 14.1 Å². The van der Waals surface area contributed by atoms with E-state index in [9.17, 15) is 29.5 Å². The minimum absolute atomic E-state index is 0.0157. The Bertz CT molecular complexity index is 1030. The summed E-state index contributed by atoms with van der Waals surface area (Å²) in [6.45, 7) is 3.27. The predicted octanol–water partition coefficient (Wildman–Crippen LogP) is 6.73. The van der Waals surface area contributed by atoms with Crippen LogP contribution in [0.25, 0.3) is 0 Å². The molecule has 0 saturated carbocycles. The fourth-order valence-electron chi connectivity index (χ4n) is 5.51. The van der Waals surface area contributed by atoms with Crippen molar-refractivity contribution >= 4 is 19.8 Å². The fraction of sp³-hybridized carbons (Fsp3) is 0.784. The normalized spacial score (nSPS) is 21.3. The second kappa shape index (κ2) is 28.7. The fourth-order valence-corrected chi connectivity index (χ4v) is 5.87. The number of aliphatic hydroxyl groups is 3. The average molecular weight is 733 g/mol. The van der Waals surface area contributed by atoms with Gasteiger partial charge in [0.1, 0.15) is 6.61 Å². The van der Waals surface area contributed by atoms with E-state index in [-0.39, 0.29) is 31.8 Å². The van der Waals surface area contributed by atoms with Crippen LogP contribution < -0.4 is 0 Å². The maximum absolute atomic E-state index is 12.5. The molecule has 0 amide bonds. The Kier molecular flexibility index (Phi) is 26.4. The molecule has 1 unspecified atom stereocenters. The summed E-state index contributed by atoms with van der Waals surface area (Å²) in [4.78, 5) is 42.9. The first-order valence-electron chi connectivity index (χ1n) is 18.7. The van der Waals surface area contributed by atoms with Gasteiger partial charge < -0.3 is 39.3 Å². The minimum Gasteiger partial charge on any atom is -0.462 e. The molecule has 1 aliphatic rings. The van der Waals surface area contributed by atoms with Crippen molar-refractivity contribution in [2.45, 2.75) is 167 Å². The Hall–Kier alpha value is -1.89. The van der Waals surface area contributed by atoms with Gasteiger partial charge in [-0.05, 0) is 51.4 Å². The number of phosphoric ester groups is 1. The lowest BCUT2D eigenvalue weighted by atomic mass is 9.87. The van der Waals surface area contributed by atoms with Gasteiger partial charge in [0, 0.05) is 25.2 Å². The monoisotopic (exact) mass is 732 g/mol. The molecule has 1 aliphatic heterocycles. The molecular weight excluding hydrogens is 667 g/mol. The number of phosphoric acid groups is 1. The summed E-state index contributed by atoms with van der Waals surface area (Å²) in [5.74, 6) is -1.42. The molecule has 1 saturated heterocycles. The zero-order valence-electron chi connectivity index (χ0n) is 30.3. The van der Waals surface area contributed by atoms with Gasteiger partial charge >= 0.3 is 19.8 Å². The van der Waals surface area contributed by atoms with E-state index < -0.39 is 57.1 Å². The predicted molar refractivity (Wildman–Crippen MR) is 192 cm³/mol. The third-order valence-corrected chi connectivity index (χ3v) is 8.91. The smallest absolute Gasteiger partial charge is 0.462 e. The Morgan fingerprint density at radius 1 is 0.820 bits per heavy atom. The number of aliphatic hydroxyl groups excluding tert-OH is 3. The van der Waals surface area contributed by atoms with Crippen LogP contribution in [0.1, 0.15) is 136 Å². The molecule has 1 fully saturated rings. The molecule has 0 aromatic carbocycles. The highest BCUT2D eigenvalue weighted by Crippen LogP contribution is 2.36. The number of hydrogen-bond acceptors (Lipinski definition) is 10. The molecule has 6 atom stereocenters. The van der Waals surface area contributed by atoms with E-state index in [0.29, 0.717) is 32.1 Å². The summed E-state index contributed by atoms with van der Waals surface area (Å²) in [7, 11) is -4.83. The zero-order chi connectivity index (χ0) is 37.0. The lowest BCUT2D eigenvalue weighted by molar-refractivity contribution is -0.199. The van der Waals surface area contributed by atoms with E-state index in [0.717, 1.165) is 57.8 Å². The standard InChI is InChI=1S/C37H65O12P/c1-3-5-7-8-9-10-11-12-13-14-19-23-35(40)46-28-31(29-47-50(43,44)45)48-36(41)24-20-16-15-18-22-32-33(39)27-37(42)49-34(32)26-25-30(38)21-17-6-4-2/h8-9,15,18,25-26,30-34,37-39,42H,3-7,10-14,16-17,19-24,27-29H2,1-2H3,(H2,43,44,45)/b9-8-,18-15-,26-25+/t30-,31+,32-,33-,34+,37?/m0/s1. The summed E-state index contributed by atoms with van der Waals surface area (Å²) in [5.41, 5.74) is 0. The lowest BCUT2D eigenvalue weighted by Gasteiger charge is -2.36. The molecule has 5 N–H and O–H groups in total. The first-order chi connectivity index (χ1) is 23.9. The maximum atomic E-state index is 12.5. The van der Waals surface area contributed by atoms with Crippen molar-refractivity contribution in [2.24, 2.45) is 5.92 Å². The van der Waals surface area contributed by atoms with Crippen molar-refractivity contribution in [1.82, 2.24) is 0 Å². The SMILES string of the molecule is CCCC/C=C\CCCCCCCC(=O)OC[C@H](COP(=O)(O)O)OC(=O)CCC/C=C\C[C@H]1[C@@H](O)CC(O)O[C@@H]1/C=C/[C@@H](O)CCCCC. The first-order valence-corrected chi connectivity index (χ1v) is 20.2. The lowest BCUT2D eigenvalue weighted by Crippen LogP contribution is -2.43. The number of ether oxygens (including phenoxy) is 3. The zero-order valence-corrected chi connectivity index (χ0v) is 31.2. The van der Waals surface area contributed by atoms with Crippen molar-refractivity contribution in [3.05, 3.63) is 36.5 Å². The van der Waals surface area contributed by atoms with Crippen LogP contribution >= 0.6 is 7.82 Å². The minimum atomic E-state index is -4.83. The molecule has 0 bridgehead atoms. The van der Waals surface area contributed by atoms with Crippen LogP contribution in [0.2, 0.25) is 0 Å². The molecule has 50 heavy (non-hydrogen) atoms. The Labute approximate surface area is 299 Å². The van der Waals surface area contributed by atoms with E-state index in [4.69, 9.17) is 24.0 Å². The average Bonchev–Trinajstić information content (AvgIpc) is 3.05. The number of esters is 2. The number of carbonyl (C=O) groups is 2. The van der Waals surface area contributed by atoms with Crippen LogP contribution in [0, 0.1) is 5.92 Å². The Morgan fingerprint density at radius 3 is 2.18 bits per heavy atom. The number of rotatable bonds is 29. The van der Waals surface area contributed by atoms with Crippen molar-refractivity contribution in [2.75, 3.05) is 13.2 Å². The molecular formula is C37H65O12P. The van der Waals surface area contributed by atoms with Crippen LogP contribution in [0.15, 0.2) is 36.5 Å². The van der Waals surface area contributed by atoms with Gasteiger partial charge in [-0.1, -0.05) is 102 Å². The van der Waals surface area contributed by atoms with Gasteiger partial charge in [0.15, 0.2) is 12.4 Å². The molecule has 0 spiro atoms. The van der Waals surface area contributed by atoms with Crippen molar-refractivity contribution in [3.8, 4) is 0 Å². The molecule has 13 heteroatoms. The van der Waals surface area contributed by atoms with Crippen LogP contribution in [-0.4, -0.2) is 81.0 Å². The van der Waals surface area contributed by atoms with Gasteiger partial charge in [-0.2, -0.15) is 0 Å². The molecule has 0 aromatic rings. The molecule has 1 rings (SSSR count). The highest BCUT2D eigenvalue weighted by molar-refractivity contribution is 7.46. The van der Waals surface area contributed by atoms with E-state index in [1.807, 2.05) is 12.2 Å². The summed E-state index contributed by atoms with van der Waals surface area (Å²) < 4.78 is 31.9. The molecule has 290 valence electrons. The van der Waals surface area contributed by atoms with E-state index in [1.54, 1.807) is 12.2 Å². The molecule has 1 heterocycles. The highest BCUT2D eigenvalue weighted by Gasteiger charge is 2.35. The number of hydrogen-bond donors (Lipinski definition) is 5. The Balaban J connectivity index is 2.42. The molecule has 12 nitrogen and oxygen atoms in total. The number of unbranched alkanes of at least 4 members (excludes halogenated alkanes) is 10. The van der Waals surface area contributed by atoms with Crippen molar-refractivity contribution < 1.29 is 58.0 Å². The quantitative estimate of drug-likeness (QED) is 0.0237. The van der Waals surface area contributed by atoms with E-state index >= 15 is 0 Å². The maximum Gasteiger partial charge on any atom is 0.469 e. The molecule has 0 aromatic heterocycles. The number of carbonyl (C=O) groups excluding carboxylic acids is 2. The van der Waals surface area contributed by atoms with E-state index in [2.05, 4.69) is 30.5 Å². The Morgan fingerprint density at radius 2 is 1.46 bits per heavy atom. The van der Waals surface area contributed by atoms with Gasteiger partial charge in [0.2, 0.25) is 0 Å². The summed E-state index contributed by atoms with van der Waals surface area (Å²) >= 11 is 0. The van der Waals surface area contributed by atoms with Crippen LogP contribution in [0.4, 0.5) is 0 Å². The van der Waals surface area contributed by atoms with Gasteiger partial charge in [0.05, 0.1) is 24.9 Å². The number of allylic oxidation sites excluding steroid dienone is 4. The summed E-state index contributed by atoms with van der Waals surface area (Å²) in [6, 6.07) is 0. The summed E-state index contributed by atoms with van der Waals surface area (Å²) in [6.07, 6.45) is 22.1. The second-order valence-electron chi connectivity index (χ2n) is 13.1. The summed E-state index contributed by atoms with van der Waals surface area (Å²) in [5, 5.41) is 30.8. The second-order valence-corrected chi connectivity index (χ2v) is 14.3. The molecule has 0 radical (unpaired) electrons. The van der Waals surface area contributed by atoms with Crippen LogP contribution in [0.5, 0.6) is 0 Å². The van der Waals surface area contributed by atoms with Gasteiger partial charge in [-0.25, -0.2) is 4.57 Å². The van der Waals surface area contributed by atoms with E-state index in [1.165, 1.54) is 12.8 Å². The third-order valence-electron chi connectivity index (χ3n) is 8.43. The molecule has 0 aliphatic carbocycles. The van der Waals surface area contributed by atoms with Crippen molar-refractivity contribution in [1.29, 1.82) is 0 Å². The highest BCUT2D eigenvalue weighted by atomic mass is 31.2. The third kappa shape index (κ3) is 25.1. The van der Waals surface area contributed by atoms with Gasteiger partial charge in [0.25, 0.3) is 0 Å². The largest absolute Gasteiger partial charge is 0.469 e. The van der Waals surface area contributed by atoms with Crippen LogP contribution in [-0.2, 0) is 32.9 Å².